The van der Waals surface area contributed by atoms with E-state index < -0.39 is 0 Å². The van der Waals surface area contributed by atoms with Crippen molar-refractivity contribution in [3.05, 3.63) is 57.6 Å². The highest BCUT2D eigenvalue weighted by atomic mass is 79.9. The number of nitrogens with one attached hydrogen (secondary N) is 1. The number of fused-ring (bicyclic) bond motifs is 3. The van der Waals surface area contributed by atoms with E-state index in [1.165, 1.54) is 43.6 Å². The van der Waals surface area contributed by atoms with Gasteiger partial charge in [-0.25, -0.2) is 0 Å². The Kier molecular flexibility index (Phi) is 10.4. The second-order valence-corrected chi connectivity index (χ2v) is 9.09. The lowest BCUT2D eigenvalue weighted by Gasteiger charge is -2.45. The van der Waals surface area contributed by atoms with Crippen molar-refractivity contribution >= 4 is 40.7 Å². The predicted molar refractivity (Wildman–Crippen MR) is 135 cm³/mol. The van der Waals surface area contributed by atoms with Crippen LogP contribution in [0, 0.1) is 12.8 Å². The van der Waals surface area contributed by atoms with Gasteiger partial charge in [0.25, 0.3) is 0 Å². The van der Waals surface area contributed by atoms with Gasteiger partial charge in [0.1, 0.15) is 6.61 Å². The number of benzene rings is 2. The first-order chi connectivity index (χ1) is 14.1. The molecule has 3 heterocycles. The van der Waals surface area contributed by atoms with Crippen LogP contribution in [0.3, 0.4) is 0 Å². The molecule has 0 saturated carbocycles. The van der Waals surface area contributed by atoms with Crippen molar-refractivity contribution in [2.75, 3.05) is 26.2 Å². The number of aryl methyl sites for hydroxylation is 1. The SMILES string of the molecule is CCOc1cc(CNC2CN3CCC2CC3)cc(Br)c1OCc1ccc(C)cc1.Cl.Cl. The van der Waals surface area contributed by atoms with Crippen molar-refractivity contribution < 1.29 is 9.47 Å². The summed E-state index contributed by atoms with van der Waals surface area (Å²) >= 11 is 3.71. The van der Waals surface area contributed by atoms with E-state index in [1.54, 1.807) is 0 Å². The molecule has 3 fully saturated rings. The Morgan fingerprint density at radius 3 is 2.35 bits per heavy atom. The zero-order valence-corrected chi connectivity index (χ0v) is 21.5. The average Bonchev–Trinajstić information content (AvgIpc) is 2.74. The smallest absolute Gasteiger partial charge is 0.175 e. The standard InChI is InChI=1S/C24H31BrN2O2.2ClH/c1-3-28-23-13-19(14-26-22-15-27-10-8-20(22)9-11-27)12-21(25)24(23)29-16-18-6-4-17(2)5-7-18;;/h4-7,12-13,20,22,26H,3,8-11,14-16H2,1-2H3;2*1H. The van der Waals surface area contributed by atoms with Crippen molar-refractivity contribution in [3.63, 3.8) is 0 Å². The van der Waals surface area contributed by atoms with Crippen LogP contribution < -0.4 is 14.8 Å². The van der Waals surface area contributed by atoms with Crippen LogP contribution in [-0.2, 0) is 13.2 Å². The number of ether oxygens (including phenoxy) is 2. The molecule has 172 valence electrons. The van der Waals surface area contributed by atoms with Gasteiger partial charge in [-0.05, 0) is 84.9 Å². The maximum absolute atomic E-state index is 6.14. The third-order valence-corrected chi connectivity index (χ3v) is 6.69. The number of nitrogens with zero attached hydrogens (tertiary/aromatic N) is 1. The van der Waals surface area contributed by atoms with Crippen LogP contribution in [0.5, 0.6) is 11.5 Å². The van der Waals surface area contributed by atoms with E-state index in [0.717, 1.165) is 34.0 Å². The molecule has 2 aromatic rings. The van der Waals surface area contributed by atoms with Gasteiger partial charge >= 0.3 is 0 Å². The molecular weight excluding hydrogens is 499 g/mol. The molecule has 0 aromatic heterocycles. The first-order valence-electron chi connectivity index (χ1n) is 10.7. The lowest BCUT2D eigenvalue weighted by Crippen LogP contribution is -2.55. The quantitative estimate of drug-likeness (QED) is 0.469. The van der Waals surface area contributed by atoms with Gasteiger partial charge in [0.05, 0.1) is 11.1 Å². The molecule has 1 N–H and O–H groups in total. The number of piperidine rings is 3. The molecule has 1 atom stereocenters. The molecule has 5 rings (SSSR count). The first kappa shape index (κ1) is 26.3. The number of hydrogen-bond acceptors (Lipinski definition) is 4. The van der Waals surface area contributed by atoms with Crippen molar-refractivity contribution in [3.8, 4) is 11.5 Å². The summed E-state index contributed by atoms with van der Waals surface area (Å²) in [7, 11) is 0. The topological polar surface area (TPSA) is 33.7 Å². The van der Waals surface area contributed by atoms with Gasteiger partial charge in [-0.2, -0.15) is 0 Å². The summed E-state index contributed by atoms with van der Waals surface area (Å²) in [5, 5.41) is 3.79. The molecule has 3 aliphatic heterocycles. The largest absolute Gasteiger partial charge is 0.490 e. The van der Waals surface area contributed by atoms with Gasteiger partial charge in [0.2, 0.25) is 0 Å². The lowest BCUT2D eigenvalue weighted by atomic mass is 9.84. The van der Waals surface area contributed by atoms with Crippen LogP contribution in [0.15, 0.2) is 40.9 Å². The van der Waals surface area contributed by atoms with Gasteiger partial charge in [-0.1, -0.05) is 29.8 Å². The van der Waals surface area contributed by atoms with Crippen LogP contribution in [0.25, 0.3) is 0 Å². The second-order valence-electron chi connectivity index (χ2n) is 8.24. The lowest BCUT2D eigenvalue weighted by molar-refractivity contribution is 0.0720. The molecule has 1 unspecified atom stereocenters. The minimum absolute atomic E-state index is 0. The number of rotatable bonds is 8. The van der Waals surface area contributed by atoms with Crippen molar-refractivity contribution in [2.24, 2.45) is 5.92 Å². The molecule has 3 aliphatic rings. The molecular formula is C24H33BrCl2N2O2. The summed E-state index contributed by atoms with van der Waals surface area (Å²) < 4.78 is 13.0. The van der Waals surface area contributed by atoms with E-state index in [9.17, 15) is 0 Å². The fourth-order valence-electron chi connectivity index (χ4n) is 4.41. The summed E-state index contributed by atoms with van der Waals surface area (Å²) in [4.78, 5) is 2.58. The molecule has 0 spiro atoms. The van der Waals surface area contributed by atoms with Crippen LogP contribution in [0.1, 0.15) is 36.5 Å². The van der Waals surface area contributed by atoms with Crippen molar-refractivity contribution in [1.82, 2.24) is 10.2 Å². The Bertz CT molecular complexity index is 827. The third-order valence-electron chi connectivity index (χ3n) is 6.10. The maximum Gasteiger partial charge on any atom is 0.175 e. The Balaban J connectivity index is 0.00000171. The molecule has 4 nitrogen and oxygen atoms in total. The van der Waals surface area contributed by atoms with Crippen LogP contribution in [0.4, 0.5) is 0 Å². The zero-order valence-electron chi connectivity index (χ0n) is 18.2. The maximum atomic E-state index is 6.14. The normalized spacial score (nSPS) is 21.7. The van der Waals surface area contributed by atoms with E-state index in [0.29, 0.717) is 19.3 Å². The van der Waals surface area contributed by atoms with Gasteiger partial charge in [-0.15, -0.1) is 24.8 Å². The third kappa shape index (κ3) is 6.75. The van der Waals surface area contributed by atoms with Gasteiger partial charge < -0.3 is 19.7 Å². The molecule has 2 aromatic carbocycles. The Morgan fingerprint density at radius 1 is 1.03 bits per heavy atom. The summed E-state index contributed by atoms with van der Waals surface area (Å²) in [6.45, 7) is 9.83. The van der Waals surface area contributed by atoms with E-state index >= 15 is 0 Å². The average molecular weight is 532 g/mol. The first-order valence-corrected chi connectivity index (χ1v) is 11.5. The summed E-state index contributed by atoms with van der Waals surface area (Å²) in [5.41, 5.74) is 3.63. The monoisotopic (exact) mass is 530 g/mol. The van der Waals surface area contributed by atoms with Crippen molar-refractivity contribution in [1.29, 1.82) is 0 Å². The van der Waals surface area contributed by atoms with Crippen LogP contribution in [0.2, 0.25) is 0 Å². The van der Waals surface area contributed by atoms with E-state index in [4.69, 9.17) is 9.47 Å². The van der Waals surface area contributed by atoms with Gasteiger partial charge in [0, 0.05) is 19.1 Å². The van der Waals surface area contributed by atoms with E-state index in [-0.39, 0.29) is 24.8 Å². The molecule has 31 heavy (non-hydrogen) atoms. The molecule has 0 radical (unpaired) electrons. The minimum atomic E-state index is 0. The number of hydrogen-bond donors (Lipinski definition) is 1. The highest BCUT2D eigenvalue weighted by Gasteiger charge is 2.33. The molecule has 0 aliphatic carbocycles. The van der Waals surface area contributed by atoms with E-state index in [2.05, 4.69) is 69.5 Å². The van der Waals surface area contributed by atoms with Crippen LogP contribution in [-0.4, -0.2) is 37.2 Å². The minimum Gasteiger partial charge on any atom is -0.490 e. The second kappa shape index (κ2) is 12.3. The van der Waals surface area contributed by atoms with Gasteiger partial charge in [0.15, 0.2) is 11.5 Å². The van der Waals surface area contributed by atoms with E-state index in [1.807, 2.05) is 6.92 Å². The Hall–Kier alpha value is -0.980. The molecule has 7 heteroatoms. The Morgan fingerprint density at radius 2 is 1.74 bits per heavy atom. The number of halogens is 3. The molecule has 0 amide bonds. The Labute approximate surface area is 207 Å². The highest BCUT2D eigenvalue weighted by Crippen LogP contribution is 2.38. The fraction of sp³-hybridized carbons (Fsp3) is 0.500. The van der Waals surface area contributed by atoms with Gasteiger partial charge in [-0.3, -0.25) is 0 Å². The summed E-state index contributed by atoms with van der Waals surface area (Å²) in [6, 6.07) is 13.3. The summed E-state index contributed by atoms with van der Waals surface area (Å²) in [6.07, 6.45) is 2.66. The fourth-order valence-corrected chi connectivity index (χ4v) is 5.02. The molecule has 2 bridgehead atoms. The highest BCUT2D eigenvalue weighted by molar-refractivity contribution is 9.10. The van der Waals surface area contributed by atoms with Crippen LogP contribution >= 0.6 is 40.7 Å². The summed E-state index contributed by atoms with van der Waals surface area (Å²) in [5.74, 6) is 2.41. The van der Waals surface area contributed by atoms with Crippen molar-refractivity contribution in [2.45, 2.75) is 45.9 Å². The zero-order chi connectivity index (χ0) is 20.2. The predicted octanol–water partition coefficient (Wildman–Crippen LogP) is 5.76. The molecule has 3 saturated heterocycles.